The lowest BCUT2D eigenvalue weighted by Crippen LogP contribution is -2.30. The van der Waals surface area contributed by atoms with Gasteiger partial charge in [-0.25, -0.2) is 4.79 Å². The second-order valence-corrected chi connectivity index (χ2v) is 6.23. The first-order valence-electron chi connectivity index (χ1n) is 8.51. The van der Waals surface area contributed by atoms with Gasteiger partial charge in [-0.3, -0.25) is 4.79 Å². The number of rotatable bonds is 6. The van der Waals surface area contributed by atoms with E-state index in [-0.39, 0.29) is 18.3 Å². The van der Waals surface area contributed by atoms with Crippen LogP contribution in [-0.4, -0.2) is 37.5 Å². The van der Waals surface area contributed by atoms with E-state index in [1.54, 1.807) is 27.1 Å². The number of carbonyl (C=O) groups excluding carboxylic acids is 2. The molecule has 2 aromatic carbocycles. The van der Waals surface area contributed by atoms with Gasteiger partial charge >= 0.3 is 5.97 Å². The Morgan fingerprint density at radius 1 is 1.11 bits per heavy atom. The van der Waals surface area contributed by atoms with Crippen molar-refractivity contribution in [3.05, 3.63) is 65.4 Å². The number of para-hydroxylation sites is 1. The van der Waals surface area contributed by atoms with Gasteiger partial charge in [-0.1, -0.05) is 30.3 Å². The average Bonchev–Trinajstić information content (AvgIpc) is 3.03. The maximum atomic E-state index is 12.3. The van der Waals surface area contributed by atoms with E-state index in [0.29, 0.717) is 17.7 Å². The standard InChI is InChI=1S/C21H21NO5/c1-14-17-9-4-5-10-18(17)27-20(14)21(24)26-13-19(23)22(2)12-15-7-6-8-16(11-15)25-3/h4-11H,12-13H2,1-3H3. The minimum absolute atomic E-state index is 0.124. The first kappa shape index (κ1) is 18.5. The first-order valence-corrected chi connectivity index (χ1v) is 8.51. The quantitative estimate of drug-likeness (QED) is 0.623. The zero-order chi connectivity index (χ0) is 19.4. The van der Waals surface area contributed by atoms with Gasteiger partial charge in [-0.15, -0.1) is 0 Å². The first-order chi connectivity index (χ1) is 13.0. The molecule has 0 fully saturated rings. The van der Waals surface area contributed by atoms with E-state index in [2.05, 4.69) is 0 Å². The largest absolute Gasteiger partial charge is 0.497 e. The Morgan fingerprint density at radius 3 is 2.63 bits per heavy atom. The molecule has 1 heterocycles. The number of nitrogens with zero attached hydrogens (tertiary/aromatic N) is 1. The fraction of sp³-hybridized carbons (Fsp3) is 0.238. The highest BCUT2D eigenvalue weighted by molar-refractivity contribution is 5.96. The molecule has 0 atom stereocenters. The number of hydrogen-bond donors (Lipinski definition) is 0. The van der Waals surface area contributed by atoms with Crippen molar-refractivity contribution in [3.8, 4) is 5.75 Å². The molecule has 0 spiro atoms. The Hall–Kier alpha value is -3.28. The van der Waals surface area contributed by atoms with Crippen molar-refractivity contribution in [1.82, 2.24) is 4.90 Å². The molecule has 0 unspecified atom stereocenters. The van der Waals surface area contributed by atoms with Crippen molar-refractivity contribution in [1.29, 1.82) is 0 Å². The molecule has 0 saturated carbocycles. The van der Waals surface area contributed by atoms with Crippen molar-refractivity contribution in [3.63, 3.8) is 0 Å². The third-order valence-electron chi connectivity index (χ3n) is 4.34. The molecule has 1 aromatic heterocycles. The molecule has 0 aliphatic heterocycles. The van der Waals surface area contributed by atoms with Crippen molar-refractivity contribution < 1.29 is 23.5 Å². The highest BCUT2D eigenvalue weighted by Crippen LogP contribution is 2.25. The lowest BCUT2D eigenvalue weighted by atomic mass is 10.1. The summed E-state index contributed by atoms with van der Waals surface area (Å²) in [5.74, 6) is -0.105. The Labute approximate surface area is 157 Å². The summed E-state index contributed by atoms with van der Waals surface area (Å²) in [7, 11) is 3.25. The molecule has 6 heteroatoms. The van der Waals surface area contributed by atoms with E-state index in [4.69, 9.17) is 13.9 Å². The molecule has 0 aliphatic carbocycles. The summed E-state index contributed by atoms with van der Waals surface area (Å²) in [4.78, 5) is 26.1. The van der Waals surface area contributed by atoms with Gasteiger partial charge in [0.05, 0.1) is 7.11 Å². The highest BCUT2D eigenvalue weighted by Gasteiger charge is 2.20. The monoisotopic (exact) mass is 367 g/mol. The fourth-order valence-corrected chi connectivity index (χ4v) is 2.80. The van der Waals surface area contributed by atoms with Gasteiger partial charge < -0.3 is 18.8 Å². The smallest absolute Gasteiger partial charge is 0.375 e. The Morgan fingerprint density at radius 2 is 1.89 bits per heavy atom. The van der Waals surface area contributed by atoms with Crippen LogP contribution in [0.4, 0.5) is 0 Å². The topological polar surface area (TPSA) is 69.0 Å². The minimum atomic E-state index is -0.646. The number of hydrogen-bond acceptors (Lipinski definition) is 5. The van der Waals surface area contributed by atoms with Gasteiger partial charge in [0, 0.05) is 24.5 Å². The van der Waals surface area contributed by atoms with Crippen LogP contribution in [0.1, 0.15) is 21.7 Å². The highest BCUT2D eigenvalue weighted by atomic mass is 16.5. The van der Waals surface area contributed by atoms with Gasteiger partial charge in [0.1, 0.15) is 11.3 Å². The summed E-state index contributed by atoms with van der Waals surface area (Å²) in [6, 6.07) is 14.8. The molecule has 140 valence electrons. The normalized spacial score (nSPS) is 10.6. The van der Waals surface area contributed by atoms with E-state index >= 15 is 0 Å². The van der Waals surface area contributed by atoms with Crippen LogP contribution in [-0.2, 0) is 16.1 Å². The van der Waals surface area contributed by atoms with Gasteiger partial charge in [0.15, 0.2) is 6.61 Å². The van der Waals surface area contributed by atoms with Crippen LogP contribution < -0.4 is 4.74 Å². The van der Waals surface area contributed by atoms with E-state index in [0.717, 1.165) is 16.7 Å². The maximum absolute atomic E-state index is 12.3. The van der Waals surface area contributed by atoms with Crippen molar-refractivity contribution >= 4 is 22.8 Å². The van der Waals surface area contributed by atoms with Crippen molar-refractivity contribution in [2.45, 2.75) is 13.5 Å². The molecule has 0 N–H and O–H groups in total. The summed E-state index contributed by atoms with van der Waals surface area (Å²) in [6.45, 7) is 1.83. The maximum Gasteiger partial charge on any atom is 0.375 e. The number of fused-ring (bicyclic) bond motifs is 1. The average molecular weight is 367 g/mol. The minimum Gasteiger partial charge on any atom is -0.497 e. The lowest BCUT2D eigenvalue weighted by Gasteiger charge is -2.17. The van der Waals surface area contributed by atoms with Gasteiger partial charge in [-0.2, -0.15) is 0 Å². The number of aryl methyl sites for hydroxylation is 1. The molecule has 1 amide bonds. The fourth-order valence-electron chi connectivity index (χ4n) is 2.80. The number of benzene rings is 2. The molecule has 3 aromatic rings. The van der Waals surface area contributed by atoms with Gasteiger partial charge in [0.2, 0.25) is 5.76 Å². The Balaban J connectivity index is 1.60. The number of carbonyl (C=O) groups is 2. The number of methoxy groups -OCH3 is 1. The van der Waals surface area contributed by atoms with Crippen LogP contribution in [0.3, 0.4) is 0 Å². The van der Waals surface area contributed by atoms with Crippen molar-refractivity contribution in [2.24, 2.45) is 0 Å². The molecule has 6 nitrogen and oxygen atoms in total. The molecule has 0 bridgehead atoms. The van der Waals surface area contributed by atoms with E-state index in [1.165, 1.54) is 4.90 Å². The zero-order valence-electron chi connectivity index (χ0n) is 15.5. The predicted octanol–water partition coefficient (Wildman–Crippen LogP) is 3.57. The second-order valence-electron chi connectivity index (χ2n) is 6.23. The molecule has 27 heavy (non-hydrogen) atoms. The molecule has 0 saturated heterocycles. The van der Waals surface area contributed by atoms with Crippen LogP contribution in [0.25, 0.3) is 11.0 Å². The van der Waals surface area contributed by atoms with Crippen LogP contribution in [0.15, 0.2) is 52.9 Å². The second kappa shape index (κ2) is 7.95. The number of furan rings is 1. The van der Waals surface area contributed by atoms with Crippen molar-refractivity contribution in [2.75, 3.05) is 20.8 Å². The summed E-state index contributed by atoms with van der Waals surface area (Å²) < 4.78 is 15.9. The van der Waals surface area contributed by atoms with Crippen LogP contribution >= 0.6 is 0 Å². The molecule has 3 rings (SSSR count). The summed E-state index contributed by atoms with van der Waals surface area (Å²) >= 11 is 0. The van der Waals surface area contributed by atoms with E-state index in [9.17, 15) is 9.59 Å². The van der Waals surface area contributed by atoms with E-state index < -0.39 is 5.97 Å². The van der Waals surface area contributed by atoms with Crippen LogP contribution in [0, 0.1) is 6.92 Å². The number of amides is 1. The third-order valence-corrected chi connectivity index (χ3v) is 4.34. The predicted molar refractivity (Wildman–Crippen MR) is 101 cm³/mol. The SMILES string of the molecule is COc1cccc(CN(C)C(=O)COC(=O)c2oc3ccccc3c2C)c1. The van der Waals surface area contributed by atoms with Gasteiger partial charge in [0.25, 0.3) is 5.91 Å². The Bertz CT molecular complexity index is 976. The lowest BCUT2D eigenvalue weighted by molar-refractivity contribution is -0.133. The number of ether oxygens (including phenoxy) is 2. The summed E-state index contributed by atoms with van der Waals surface area (Å²) in [5, 5.41) is 0.853. The Kier molecular flexibility index (Phi) is 5.45. The number of likely N-dealkylation sites (N-methyl/N-ethyl adjacent to an activating group) is 1. The summed E-state index contributed by atoms with van der Waals surface area (Å²) in [5.41, 5.74) is 2.24. The van der Waals surface area contributed by atoms with Crippen LogP contribution in [0.5, 0.6) is 5.75 Å². The molecular weight excluding hydrogens is 346 g/mol. The number of esters is 1. The summed E-state index contributed by atoms with van der Waals surface area (Å²) in [6.07, 6.45) is 0. The van der Waals surface area contributed by atoms with E-state index in [1.807, 2.05) is 42.5 Å². The zero-order valence-corrected chi connectivity index (χ0v) is 15.5. The molecule has 0 radical (unpaired) electrons. The van der Waals surface area contributed by atoms with Gasteiger partial charge in [-0.05, 0) is 30.7 Å². The van der Waals surface area contributed by atoms with Crippen LogP contribution in [0.2, 0.25) is 0 Å². The third kappa shape index (κ3) is 4.11. The molecule has 0 aliphatic rings. The molecular formula is C21H21NO5.